The van der Waals surface area contributed by atoms with Gasteiger partial charge < -0.3 is 10.4 Å². The third-order valence-electron chi connectivity index (χ3n) is 3.83. The second-order valence-corrected chi connectivity index (χ2v) is 5.43. The zero-order valence-corrected chi connectivity index (χ0v) is 11.9. The molecule has 22 heavy (non-hydrogen) atoms. The number of aliphatic hydroxyl groups is 1. The number of carbonyl (C=O) groups is 1. The Labute approximate surface area is 126 Å². The molecule has 0 aromatic heterocycles. The number of nitrogens with one attached hydrogen (secondary N) is 1. The number of carbonyl (C=O) groups excluding carboxylic acids is 1. The zero-order chi connectivity index (χ0) is 15.9. The molecule has 2 N–H and O–H groups in total. The van der Waals surface area contributed by atoms with Crippen molar-refractivity contribution in [2.75, 3.05) is 11.9 Å². The lowest BCUT2D eigenvalue weighted by molar-refractivity contribution is -0.498. The van der Waals surface area contributed by atoms with E-state index in [0.29, 0.717) is 5.69 Å². The molecule has 6 nitrogen and oxygen atoms in total. The molecule has 1 aliphatic rings. The molecule has 1 aliphatic heterocycles. The highest BCUT2D eigenvalue weighted by Gasteiger charge is 2.49. The number of benzene rings is 2. The average Bonchev–Trinajstić information content (AvgIpc) is 2.70. The predicted octanol–water partition coefficient (Wildman–Crippen LogP) is 2.08. The van der Waals surface area contributed by atoms with Crippen molar-refractivity contribution in [2.24, 2.45) is 0 Å². The van der Waals surface area contributed by atoms with E-state index in [9.17, 15) is 20.0 Å². The van der Waals surface area contributed by atoms with Gasteiger partial charge >= 0.3 is 0 Å². The topological polar surface area (TPSA) is 92.5 Å². The first-order valence-corrected chi connectivity index (χ1v) is 6.77. The summed E-state index contributed by atoms with van der Waals surface area (Å²) in [6.45, 7) is 1.12. The van der Waals surface area contributed by atoms with Crippen LogP contribution >= 0.6 is 0 Å². The summed E-state index contributed by atoms with van der Waals surface area (Å²) in [6, 6.07) is 12.8. The van der Waals surface area contributed by atoms with Gasteiger partial charge in [-0.05, 0) is 30.2 Å². The van der Waals surface area contributed by atoms with Gasteiger partial charge in [0.2, 0.25) is 12.1 Å². The molecule has 0 bridgehead atoms. The first-order chi connectivity index (χ1) is 10.4. The lowest BCUT2D eigenvalue weighted by Crippen LogP contribution is -2.40. The number of hydrogen-bond donors (Lipinski definition) is 2. The number of rotatable bonds is 3. The number of nitrogens with zero attached hydrogens (tertiary/aromatic N) is 1. The van der Waals surface area contributed by atoms with E-state index in [1.54, 1.807) is 12.1 Å². The van der Waals surface area contributed by atoms with E-state index in [-0.39, 0.29) is 5.56 Å². The van der Waals surface area contributed by atoms with Gasteiger partial charge in [-0.2, -0.15) is 0 Å². The minimum absolute atomic E-state index is 0.243. The van der Waals surface area contributed by atoms with Gasteiger partial charge in [0.25, 0.3) is 5.91 Å². The van der Waals surface area contributed by atoms with Gasteiger partial charge in [-0.15, -0.1) is 0 Å². The van der Waals surface area contributed by atoms with Crippen molar-refractivity contribution in [2.45, 2.75) is 12.5 Å². The van der Waals surface area contributed by atoms with Gasteiger partial charge in [-0.3, -0.25) is 14.9 Å². The maximum Gasteiger partial charge on any atom is 0.268 e. The van der Waals surface area contributed by atoms with Crippen LogP contribution in [0.3, 0.4) is 0 Å². The van der Waals surface area contributed by atoms with Crippen molar-refractivity contribution in [3.63, 3.8) is 0 Å². The molecule has 6 heteroatoms. The zero-order valence-electron chi connectivity index (χ0n) is 11.9. The third-order valence-corrected chi connectivity index (χ3v) is 3.83. The SMILES string of the molecule is Cc1ccc(-c2ccc3c(c2)C(O)(C[N+](=O)[O-])C(=O)N3)cc1. The highest BCUT2D eigenvalue weighted by Crippen LogP contribution is 2.38. The Bertz CT molecular complexity index is 770. The summed E-state index contributed by atoms with van der Waals surface area (Å²) in [5.41, 5.74) is 1.34. The Hall–Kier alpha value is -2.73. The minimum atomic E-state index is -2.13. The highest BCUT2D eigenvalue weighted by atomic mass is 16.6. The predicted molar refractivity (Wildman–Crippen MR) is 81.0 cm³/mol. The quantitative estimate of drug-likeness (QED) is 0.670. The van der Waals surface area contributed by atoms with Gasteiger partial charge in [-0.1, -0.05) is 35.9 Å². The summed E-state index contributed by atoms with van der Waals surface area (Å²) in [7, 11) is 0. The molecule has 0 spiro atoms. The minimum Gasteiger partial charge on any atom is -0.370 e. The number of aryl methyl sites for hydroxylation is 1. The maximum absolute atomic E-state index is 11.9. The van der Waals surface area contributed by atoms with Crippen molar-refractivity contribution in [1.82, 2.24) is 0 Å². The molecule has 1 heterocycles. The molecule has 2 aromatic carbocycles. The Morgan fingerprint density at radius 1 is 1.18 bits per heavy atom. The first-order valence-electron chi connectivity index (χ1n) is 6.77. The van der Waals surface area contributed by atoms with E-state index < -0.39 is 23.0 Å². The van der Waals surface area contributed by atoms with E-state index >= 15 is 0 Å². The summed E-state index contributed by atoms with van der Waals surface area (Å²) < 4.78 is 0. The van der Waals surface area contributed by atoms with Crippen LogP contribution in [0.25, 0.3) is 11.1 Å². The van der Waals surface area contributed by atoms with Crippen LogP contribution in [0.5, 0.6) is 0 Å². The smallest absolute Gasteiger partial charge is 0.268 e. The number of fused-ring (bicyclic) bond motifs is 1. The molecular weight excluding hydrogens is 284 g/mol. The van der Waals surface area contributed by atoms with Crippen molar-refractivity contribution in [3.05, 3.63) is 63.7 Å². The molecular formula is C16H14N2O4. The Balaban J connectivity index is 2.08. The van der Waals surface area contributed by atoms with Gasteiger partial charge in [0, 0.05) is 16.2 Å². The molecule has 2 aromatic rings. The van der Waals surface area contributed by atoms with Crippen LogP contribution in [-0.2, 0) is 10.4 Å². The Morgan fingerprint density at radius 3 is 2.45 bits per heavy atom. The fourth-order valence-corrected chi connectivity index (χ4v) is 2.61. The normalized spacial score (nSPS) is 19.6. The van der Waals surface area contributed by atoms with Crippen LogP contribution in [-0.4, -0.2) is 22.5 Å². The van der Waals surface area contributed by atoms with Crippen molar-refractivity contribution < 1.29 is 14.8 Å². The summed E-state index contributed by atoms with van der Waals surface area (Å²) >= 11 is 0. The standard InChI is InChI=1S/C16H14N2O4/c1-10-2-4-11(5-3-10)12-6-7-14-13(8-12)16(20,9-18(21)22)15(19)17-14/h2-8,20H,9H2,1H3,(H,17,19). The highest BCUT2D eigenvalue weighted by molar-refractivity contribution is 6.05. The lowest BCUT2D eigenvalue weighted by atomic mass is 9.92. The van der Waals surface area contributed by atoms with Crippen molar-refractivity contribution >= 4 is 11.6 Å². The van der Waals surface area contributed by atoms with E-state index in [4.69, 9.17) is 0 Å². The summed E-state index contributed by atoms with van der Waals surface area (Å²) in [4.78, 5) is 22.0. The Kier molecular flexibility index (Phi) is 3.18. The van der Waals surface area contributed by atoms with Crippen LogP contribution in [0.4, 0.5) is 5.69 Å². The molecule has 112 valence electrons. The number of nitro groups is 1. The van der Waals surface area contributed by atoms with Gasteiger partial charge in [0.05, 0.1) is 0 Å². The van der Waals surface area contributed by atoms with Gasteiger partial charge in [0.1, 0.15) is 0 Å². The third kappa shape index (κ3) is 2.23. The summed E-state index contributed by atoms with van der Waals surface area (Å²) in [6.07, 6.45) is 0. The van der Waals surface area contributed by atoms with E-state index in [1.807, 2.05) is 37.3 Å². The molecule has 1 unspecified atom stereocenters. The van der Waals surface area contributed by atoms with Crippen molar-refractivity contribution in [1.29, 1.82) is 0 Å². The second kappa shape index (κ2) is 4.92. The number of amides is 1. The van der Waals surface area contributed by atoms with Gasteiger partial charge in [0.15, 0.2) is 0 Å². The maximum atomic E-state index is 11.9. The van der Waals surface area contributed by atoms with E-state index in [2.05, 4.69) is 5.32 Å². The monoisotopic (exact) mass is 298 g/mol. The molecule has 0 fully saturated rings. The summed E-state index contributed by atoms with van der Waals surface area (Å²) in [5.74, 6) is -0.764. The fourth-order valence-electron chi connectivity index (χ4n) is 2.61. The molecule has 0 aliphatic carbocycles. The fraction of sp³-hybridized carbons (Fsp3) is 0.188. The molecule has 0 saturated carbocycles. The second-order valence-electron chi connectivity index (χ2n) is 5.43. The van der Waals surface area contributed by atoms with Crippen molar-refractivity contribution in [3.8, 4) is 11.1 Å². The van der Waals surface area contributed by atoms with E-state index in [0.717, 1.165) is 16.7 Å². The van der Waals surface area contributed by atoms with Crippen LogP contribution < -0.4 is 5.32 Å². The molecule has 1 atom stereocenters. The number of hydrogen-bond acceptors (Lipinski definition) is 4. The number of anilines is 1. The van der Waals surface area contributed by atoms with Crippen LogP contribution in [0.2, 0.25) is 0 Å². The van der Waals surface area contributed by atoms with Crippen LogP contribution in [0.1, 0.15) is 11.1 Å². The summed E-state index contributed by atoms with van der Waals surface area (Å²) in [5, 5.41) is 23.7. The van der Waals surface area contributed by atoms with Crippen LogP contribution in [0.15, 0.2) is 42.5 Å². The molecule has 0 radical (unpaired) electrons. The van der Waals surface area contributed by atoms with E-state index in [1.165, 1.54) is 0 Å². The first kappa shape index (κ1) is 14.2. The molecule has 0 saturated heterocycles. The largest absolute Gasteiger partial charge is 0.370 e. The molecule has 1 amide bonds. The van der Waals surface area contributed by atoms with Crippen LogP contribution in [0, 0.1) is 17.0 Å². The lowest BCUT2D eigenvalue weighted by Gasteiger charge is -2.16. The van der Waals surface area contributed by atoms with Gasteiger partial charge in [-0.25, -0.2) is 0 Å². The Morgan fingerprint density at radius 2 is 1.82 bits per heavy atom. The average molecular weight is 298 g/mol. The molecule has 3 rings (SSSR count).